The van der Waals surface area contributed by atoms with E-state index in [0.29, 0.717) is 32.1 Å². The van der Waals surface area contributed by atoms with Crippen LogP contribution < -0.4 is 0 Å². The normalized spacial score (nSPS) is 52.1. The van der Waals surface area contributed by atoms with Gasteiger partial charge >= 0.3 is 0 Å². The predicted molar refractivity (Wildman–Crippen MR) is 333 cm³/mol. The molecule has 0 amide bonds. The number of aliphatic hydroxyl groups excluding tert-OH is 21. The van der Waals surface area contributed by atoms with Crippen molar-refractivity contribution in [3.63, 3.8) is 0 Å². The molecule has 10 rings (SSSR count). The third kappa shape index (κ3) is 14.8. The van der Waals surface area contributed by atoms with Crippen LogP contribution in [0.3, 0.4) is 0 Å². The molecule has 0 unspecified atom stereocenters. The van der Waals surface area contributed by atoms with Gasteiger partial charge in [-0.15, -0.1) is 0 Å². The second-order valence-corrected chi connectivity index (χ2v) is 31.5. The number of aliphatic hydroxyl groups is 22. The first-order chi connectivity index (χ1) is 46.9. The van der Waals surface area contributed by atoms with E-state index in [4.69, 9.17) is 56.8 Å². The molecular weight excluding hydrogens is 1340 g/mol. The Hall–Kier alpha value is -1.62. The molecule has 580 valence electrons. The van der Waals surface area contributed by atoms with Gasteiger partial charge in [0.2, 0.25) is 0 Å². The molecule has 9 fully saturated rings. The Labute approximate surface area is 579 Å². The van der Waals surface area contributed by atoms with Crippen molar-refractivity contribution in [2.45, 2.75) is 315 Å². The number of hydrogen-bond donors (Lipinski definition) is 22. The summed E-state index contributed by atoms with van der Waals surface area (Å²) in [5.74, 6) is -0.322. The highest BCUT2D eigenvalue weighted by atomic mass is 16.8. The van der Waals surface area contributed by atoms with Crippen molar-refractivity contribution >= 4 is 0 Å². The smallest absolute Gasteiger partial charge is 0.187 e. The van der Waals surface area contributed by atoms with Gasteiger partial charge < -0.3 is 169 Å². The summed E-state index contributed by atoms with van der Waals surface area (Å²) in [7, 11) is 0. The van der Waals surface area contributed by atoms with Crippen molar-refractivity contribution < 1.29 is 169 Å². The standard InChI is InChI=1S/C66H112O34/c1-24(9-13-37(63(4,5)88)98-61-55(100-59-53(87)47(81)41(75)31(21-70)94-59)49(83)43(77)33(96-61)23-90-57-51(85)45(79)39(73)29(19-68)92-57)25-15-16-64(6)34-12-10-26-27(66(34,8)35(71)17-65(25,64)7)11-14-36(62(26,2)3)97-60-54(99-58-52(86)46(80)40(74)30(20-69)93-58)48(82)42(76)32(95-60)22-89-56-50(84)44(78)38(72)28(18-67)91-56/h10,24-25,27-61,67-88H,9,11-23H2,1-8H3/t24-,25-,27+,28-,29-,30-,31-,32-,33-,34-,35-,36+,37-,38-,39-,40-,41-,42-,43-,44+,45+,46+,47+,48+,49+,50-,51-,52-,53-,54-,55-,56-,57-,58+,59+,60+,61+,64+,65-,66+/m1/s1. The Balaban J connectivity index is 0.853. The minimum Gasteiger partial charge on any atom is -0.394 e. The van der Waals surface area contributed by atoms with E-state index in [1.54, 1.807) is 0 Å². The number of rotatable bonds is 23. The van der Waals surface area contributed by atoms with Crippen molar-refractivity contribution in [3.05, 3.63) is 11.6 Å². The number of ether oxygens (including phenoxy) is 12. The van der Waals surface area contributed by atoms with Crippen LogP contribution in [0.25, 0.3) is 0 Å². The van der Waals surface area contributed by atoms with Crippen LogP contribution in [0.2, 0.25) is 0 Å². The van der Waals surface area contributed by atoms with Crippen LogP contribution in [-0.4, -0.2) is 360 Å². The molecule has 3 saturated carbocycles. The van der Waals surface area contributed by atoms with E-state index in [9.17, 15) is 112 Å². The monoisotopic (exact) mass is 1450 g/mol. The van der Waals surface area contributed by atoms with Crippen LogP contribution in [0, 0.1) is 45.3 Å². The maximum Gasteiger partial charge on any atom is 0.187 e. The molecule has 0 aromatic rings. The lowest BCUT2D eigenvalue weighted by Gasteiger charge is -2.67. The molecule has 6 saturated heterocycles. The Morgan fingerprint density at radius 3 is 1.30 bits per heavy atom. The molecule has 22 N–H and O–H groups in total. The van der Waals surface area contributed by atoms with Crippen LogP contribution >= 0.6 is 0 Å². The van der Waals surface area contributed by atoms with Gasteiger partial charge in [0, 0.05) is 10.8 Å². The van der Waals surface area contributed by atoms with Gasteiger partial charge in [0.15, 0.2) is 37.7 Å². The summed E-state index contributed by atoms with van der Waals surface area (Å²) < 4.78 is 72.0. The fraction of sp³-hybridized carbons (Fsp3) is 0.970. The van der Waals surface area contributed by atoms with Gasteiger partial charge in [0.1, 0.15) is 146 Å². The molecule has 6 heterocycles. The molecule has 4 aliphatic carbocycles. The van der Waals surface area contributed by atoms with Gasteiger partial charge in [0.25, 0.3) is 0 Å². The molecule has 0 spiro atoms. The van der Waals surface area contributed by atoms with E-state index in [-0.39, 0.29) is 35.5 Å². The Morgan fingerprint density at radius 2 is 0.860 bits per heavy atom. The van der Waals surface area contributed by atoms with Gasteiger partial charge in [-0.3, -0.25) is 0 Å². The Kier molecular flexibility index (Phi) is 25.5. The summed E-state index contributed by atoms with van der Waals surface area (Å²) in [6.45, 7) is 11.3. The van der Waals surface area contributed by atoms with Crippen LogP contribution in [-0.2, 0) is 56.8 Å². The highest BCUT2D eigenvalue weighted by Gasteiger charge is 2.71. The molecule has 0 radical (unpaired) electrons. The molecule has 0 bridgehead atoms. The van der Waals surface area contributed by atoms with E-state index in [2.05, 4.69) is 33.8 Å². The van der Waals surface area contributed by atoms with E-state index >= 15 is 0 Å². The molecule has 40 atom stereocenters. The van der Waals surface area contributed by atoms with Crippen molar-refractivity contribution in [3.8, 4) is 0 Å². The average molecular weight is 1450 g/mol. The summed E-state index contributed by atoms with van der Waals surface area (Å²) >= 11 is 0. The highest BCUT2D eigenvalue weighted by molar-refractivity contribution is 5.32. The van der Waals surface area contributed by atoms with Crippen molar-refractivity contribution in [1.29, 1.82) is 0 Å². The lowest BCUT2D eigenvalue weighted by Crippen LogP contribution is -2.66. The van der Waals surface area contributed by atoms with Gasteiger partial charge in [-0.25, -0.2) is 0 Å². The second kappa shape index (κ2) is 31.5. The predicted octanol–water partition coefficient (Wildman–Crippen LogP) is -7.58. The number of hydrogen-bond acceptors (Lipinski definition) is 34. The van der Waals surface area contributed by atoms with Gasteiger partial charge in [-0.2, -0.15) is 0 Å². The Bertz CT molecular complexity index is 2670. The topological polar surface area (TPSA) is 556 Å². The molecule has 0 aromatic heterocycles. The largest absolute Gasteiger partial charge is 0.394 e. The SMILES string of the molecule is C[C@H](CC[C@@H](O[C@@H]1O[C@H](CO[C@@H]2O[C@H](CO)[C@@H](O)[C@H](O)[C@H]2O)[C@@H](O)[C@H](O)[C@H]1O[C@@H]1O[C@H](CO)[C@@H](O)[C@H](O)[C@H]1O)C(C)(C)O)[C@H]1CC[C@@]2(C)[C@H]3CC=C4[C@H](CC[C@H](O[C@@H]5O[C@H](CO[C@@H]6O[C@H](CO)[C@@H](O)[C@H](O)[C@H]6O)[C@@H](O)[C@H](O)[C@H]5O[C@@H]5O[C@H](CO)[C@@H](O)[C@H](O)[C@H]5O)C4(C)C)[C@]3(C)[C@H](O)C[C@]12C. The first kappa shape index (κ1) is 80.9. The Morgan fingerprint density at radius 1 is 0.460 bits per heavy atom. The number of fused-ring (bicyclic) bond motifs is 5. The maximum atomic E-state index is 13.0. The zero-order chi connectivity index (χ0) is 73.5. The van der Waals surface area contributed by atoms with Crippen LogP contribution in [0.4, 0.5) is 0 Å². The maximum absolute atomic E-state index is 13.0. The molecular formula is C66H112O34. The molecule has 100 heavy (non-hydrogen) atoms. The second-order valence-electron chi connectivity index (χ2n) is 31.5. The zero-order valence-electron chi connectivity index (χ0n) is 57.6. The third-order valence-electron chi connectivity index (χ3n) is 25.0. The van der Waals surface area contributed by atoms with Gasteiger partial charge in [-0.05, 0) is 99.7 Å². The average Bonchev–Trinajstić information content (AvgIpc) is 1.33. The van der Waals surface area contributed by atoms with E-state index in [1.165, 1.54) is 13.8 Å². The van der Waals surface area contributed by atoms with E-state index in [1.807, 2.05) is 13.8 Å². The minimum atomic E-state index is -1.99. The summed E-state index contributed by atoms with van der Waals surface area (Å²) in [6, 6.07) is 0. The van der Waals surface area contributed by atoms with E-state index in [0.717, 1.165) is 18.4 Å². The molecule has 34 heteroatoms. The van der Waals surface area contributed by atoms with Crippen LogP contribution in [0.1, 0.15) is 107 Å². The summed E-state index contributed by atoms with van der Waals surface area (Å²) in [5.41, 5.74) is -3.02. The van der Waals surface area contributed by atoms with Crippen molar-refractivity contribution in [1.82, 2.24) is 0 Å². The fourth-order valence-corrected chi connectivity index (χ4v) is 18.5. The first-order valence-electron chi connectivity index (χ1n) is 35.1. The fourth-order valence-electron chi connectivity index (χ4n) is 18.5. The van der Waals surface area contributed by atoms with Crippen LogP contribution in [0.5, 0.6) is 0 Å². The molecule has 10 aliphatic rings. The summed E-state index contributed by atoms with van der Waals surface area (Å²) in [5, 5.41) is 239. The lowest BCUT2D eigenvalue weighted by atomic mass is 9.38. The van der Waals surface area contributed by atoms with Crippen LogP contribution in [0.15, 0.2) is 11.6 Å². The quantitative estimate of drug-likeness (QED) is 0.0423. The molecule has 6 aliphatic heterocycles. The summed E-state index contributed by atoms with van der Waals surface area (Å²) in [6.07, 6.45) is -48.7. The first-order valence-corrected chi connectivity index (χ1v) is 35.1. The lowest BCUT2D eigenvalue weighted by molar-refractivity contribution is -0.380. The zero-order valence-corrected chi connectivity index (χ0v) is 57.6. The molecule has 0 aromatic carbocycles. The van der Waals surface area contributed by atoms with Gasteiger partial charge in [-0.1, -0.05) is 53.2 Å². The van der Waals surface area contributed by atoms with Gasteiger partial charge in [0.05, 0.1) is 63.6 Å². The highest BCUT2D eigenvalue weighted by Crippen LogP contribution is 2.75. The number of allylic oxidation sites excluding steroid dienone is 1. The van der Waals surface area contributed by atoms with Crippen molar-refractivity contribution in [2.24, 2.45) is 45.3 Å². The minimum absolute atomic E-state index is 0.00756. The van der Waals surface area contributed by atoms with Crippen molar-refractivity contribution in [2.75, 3.05) is 39.6 Å². The summed E-state index contributed by atoms with van der Waals surface area (Å²) in [4.78, 5) is 0. The van der Waals surface area contributed by atoms with E-state index < -0.39 is 264 Å². The molecule has 34 nitrogen and oxygen atoms in total. The third-order valence-corrected chi connectivity index (χ3v) is 25.0.